The molecule has 2 aromatic heterocycles. The number of nitrogens with zero attached hydrogens (tertiary/aromatic N) is 5. The Hall–Kier alpha value is -3.78. The summed E-state index contributed by atoms with van der Waals surface area (Å²) >= 11 is 0. The predicted molar refractivity (Wildman–Crippen MR) is 146 cm³/mol. The summed E-state index contributed by atoms with van der Waals surface area (Å²) in [7, 11) is 1.86. The maximum Gasteiger partial charge on any atom is 0.304 e. The molecule has 0 aliphatic carbocycles. The minimum atomic E-state index is -0.829. The van der Waals surface area contributed by atoms with Crippen LogP contribution in [0, 0.1) is 20.8 Å². The van der Waals surface area contributed by atoms with E-state index >= 15 is 0 Å². The summed E-state index contributed by atoms with van der Waals surface area (Å²) in [5.41, 5.74) is 8.98. The monoisotopic (exact) mass is 513 g/mol. The number of pyridine rings is 1. The maximum absolute atomic E-state index is 12.0. The van der Waals surface area contributed by atoms with Gasteiger partial charge in [-0.15, -0.1) is 5.10 Å². The van der Waals surface area contributed by atoms with Gasteiger partial charge in [0.15, 0.2) is 0 Å². The van der Waals surface area contributed by atoms with Crippen LogP contribution in [0.25, 0.3) is 11.0 Å². The largest absolute Gasteiger partial charge is 0.487 e. The van der Waals surface area contributed by atoms with E-state index in [1.807, 2.05) is 45.2 Å². The minimum absolute atomic E-state index is 0.00114. The Morgan fingerprint density at radius 1 is 1.16 bits per heavy atom. The lowest BCUT2D eigenvalue weighted by atomic mass is 9.84. The van der Waals surface area contributed by atoms with Gasteiger partial charge in [0.25, 0.3) is 0 Å². The number of rotatable bonds is 7. The van der Waals surface area contributed by atoms with E-state index in [0.717, 1.165) is 64.4 Å². The van der Waals surface area contributed by atoms with E-state index < -0.39 is 5.97 Å². The molecule has 8 heteroatoms. The fourth-order valence-corrected chi connectivity index (χ4v) is 5.46. The first-order chi connectivity index (χ1) is 18.2. The average Bonchev–Trinajstić information content (AvgIpc) is 3.17. The van der Waals surface area contributed by atoms with Gasteiger partial charge in [0.2, 0.25) is 0 Å². The summed E-state index contributed by atoms with van der Waals surface area (Å²) in [5.74, 6) is -0.254. The fraction of sp³-hybridized carbons (Fsp3) is 0.400. The van der Waals surface area contributed by atoms with Crippen LogP contribution in [0.5, 0.6) is 5.75 Å². The second-order valence-corrected chi connectivity index (χ2v) is 10.4. The topological polar surface area (TPSA) is 93.4 Å². The van der Waals surface area contributed by atoms with Crippen molar-refractivity contribution < 1.29 is 14.6 Å². The molecule has 3 heterocycles. The summed E-state index contributed by atoms with van der Waals surface area (Å²) in [6, 6.07) is 14.4. The minimum Gasteiger partial charge on any atom is -0.487 e. The number of aromatic nitrogens is 4. The van der Waals surface area contributed by atoms with Crippen LogP contribution in [0.15, 0.2) is 42.5 Å². The van der Waals surface area contributed by atoms with Crippen LogP contribution in [0.4, 0.5) is 0 Å². The van der Waals surface area contributed by atoms with Crippen molar-refractivity contribution in [2.75, 3.05) is 6.54 Å². The van der Waals surface area contributed by atoms with Crippen molar-refractivity contribution in [3.05, 3.63) is 81.7 Å². The lowest BCUT2D eigenvalue weighted by molar-refractivity contribution is -0.137. The summed E-state index contributed by atoms with van der Waals surface area (Å²) < 4.78 is 8.03. The van der Waals surface area contributed by atoms with Gasteiger partial charge in [-0.1, -0.05) is 36.4 Å². The molecule has 1 aliphatic heterocycles. The molecule has 1 aliphatic rings. The van der Waals surface area contributed by atoms with Crippen molar-refractivity contribution in [2.24, 2.45) is 7.05 Å². The summed E-state index contributed by atoms with van der Waals surface area (Å²) in [4.78, 5) is 19.2. The number of carboxylic acids is 1. The number of benzene rings is 2. The van der Waals surface area contributed by atoms with Gasteiger partial charge in [-0.3, -0.25) is 14.7 Å². The van der Waals surface area contributed by atoms with Crippen molar-refractivity contribution in [2.45, 2.75) is 65.6 Å². The van der Waals surface area contributed by atoms with E-state index in [4.69, 9.17) is 9.72 Å². The number of aryl methyl sites for hydroxylation is 4. The number of fused-ring (bicyclic) bond motifs is 2. The SMILES string of the molecule is CC[C@H]1CN(Cc2cc([C@@H](CC(=O)O)c3ccc4c(nnn4C)c3C)ccc2C)Cc2nc(C)ccc2O1. The quantitative estimate of drug-likeness (QED) is 0.369. The average molecular weight is 514 g/mol. The molecular weight excluding hydrogens is 478 g/mol. The Morgan fingerprint density at radius 3 is 2.74 bits per heavy atom. The molecule has 0 amide bonds. The van der Waals surface area contributed by atoms with Gasteiger partial charge in [-0.2, -0.15) is 0 Å². The van der Waals surface area contributed by atoms with Crippen molar-refractivity contribution in [1.29, 1.82) is 0 Å². The van der Waals surface area contributed by atoms with Gasteiger partial charge in [0, 0.05) is 38.3 Å². The fourth-order valence-electron chi connectivity index (χ4n) is 5.46. The highest BCUT2D eigenvalue weighted by Gasteiger charge is 2.25. The molecular formula is C30H35N5O3. The lowest BCUT2D eigenvalue weighted by Crippen LogP contribution is -2.32. The van der Waals surface area contributed by atoms with Crippen molar-refractivity contribution in [3.8, 4) is 5.75 Å². The van der Waals surface area contributed by atoms with Crippen LogP contribution in [0.3, 0.4) is 0 Å². The third-order valence-electron chi connectivity index (χ3n) is 7.66. The second-order valence-electron chi connectivity index (χ2n) is 10.4. The molecule has 0 saturated heterocycles. The van der Waals surface area contributed by atoms with Crippen LogP contribution < -0.4 is 4.74 Å². The molecule has 4 aromatic rings. The standard InChI is InChI=1S/C30H35N5O3/c1-6-23-16-35(17-26-28(38-23)12-8-19(3)31-26)15-22-13-21(9-7-18(22)2)25(14-29(36)37)24-10-11-27-30(20(24)4)32-33-34(27)5/h7-13,23,25H,6,14-17H2,1-5H3,(H,36,37)/t23-,25+/m0/s1. The number of hydrogen-bond acceptors (Lipinski definition) is 6. The highest BCUT2D eigenvalue weighted by molar-refractivity contribution is 5.80. The van der Waals surface area contributed by atoms with E-state index in [2.05, 4.69) is 47.3 Å². The summed E-state index contributed by atoms with van der Waals surface area (Å²) in [6.45, 7) is 10.5. The van der Waals surface area contributed by atoms with Gasteiger partial charge < -0.3 is 9.84 Å². The molecule has 5 rings (SSSR count). The zero-order valence-electron chi connectivity index (χ0n) is 22.7. The number of hydrogen-bond donors (Lipinski definition) is 1. The van der Waals surface area contributed by atoms with E-state index in [-0.39, 0.29) is 18.4 Å². The Kier molecular flexibility index (Phi) is 7.17. The van der Waals surface area contributed by atoms with Crippen LogP contribution in [0.2, 0.25) is 0 Å². The van der Waals surface area contributed by atoms with Crippen LogP contribution in [-0.4, -0.2) is 48.6 Å². The smallest absolute Gasteiger partial charge is 0.304 e. The Labute approximate surface area is 223 Å². The Bertz CT molecular complexity index is 1500. The molecule has 2 aromatic carbocycles. The van der Waals surface area contributed by atoms with Crippen LogP contribution >= 0.6 is 0 Å². The van der Waals surface area contributed by atoms with Gasteiger partial charge in [0.1, 0.15) is 17.4 Å². The highest BCUT2D eigenvalue weighted by atomic mass is 16.5. The van der Waals surface area contributed by atoms with Gasteiger partial charge in [-0.25, -0.2) is 4.68 Å². The van der Waals surface area contributed by atoms with Crippen molar-refractivity contribution >= 4 is 17.0 Å². The summed E-state index contributed by atoms with van der Waals surface area (Å²) in [5, 5.41) is 18.3. The molecule has 0 bridgehead atoms. The van der Waals surface area contributed by atoms with E-state index in [9.17, 15) is 9.90 Å². The molecule has 2 atom stereocenters. The summed E-state index contributed by atoms with van der Waals surface area (Å²) in [6.07, 6.45) is 1.000. The molecule has 198 valence electrons. The van der Waals surface area contributed by atoms with Crippen LogP contribution in [0.1, 0.15) is 64.9 Å². The molecule has 0 spiro atoms. The molecule has 0 radical (unpaired) electrons. The van der Waals surface area contributed by atoms with Crippen molar-refractivity contribution in [3.63, 3.8) is 0 Å². The van der Waals surface area contributed by atoms with E-state index in [0.29, 0.717) is 6.54 Å². The first-order valence-corrected chi connectivity index (χ1v) is 13.2. The molecule has 38 heavy (non-hydrogen) atoms. The van der Waals surface area contributed by atoms with E-state index in [1.165, 1.54) is 11.1 Å². The molecule has 8 nitrogen and oxygen atoms in total. The van der Waals surface area contributed by atoms with Gasteiger partial charge >= 0.3 is 5.97 Å². The van der Waals surface area contributed by atoms with Gasteiger partial charge in [0.05, 0.1) is 17.6 Å². The molecule has 0 fully saturated rings. The predicted octanol–water partition coefficient (Wildman–Crippen LogP) is 5.07. The molecule has 1 N–H and O–H groups in total. The lowest BCUT2D eigenvalue weighted by Gasteiger charge is -2.25. The Balaban J connectivity index is 1.50. The Morgan fingerprint density at radius 2 is 1.97 bits per heavy atom. The van der Waals surface area contributed by atoms with Crippen LogP contribution in [-0.2, 0) is 24.9 Å². The zero-order chi connectivity index (χ0) is 27.0. The number of carbonyl (C=O) groups is 1. The highest BCUT2D eigenvalue weighted by Crippen LogP contribution is 2.35. The zero-order valence-corrected chi connectivity index (χ0v) is 22.7. The number of ether oxygens (including phenoxy) is 1. The number of carboxylic acid groups (broad SMARTS) is 1. The molecule has 0 unspecified atom stereocenters. The third-order valence-corrected chi connectivity index (χ3v) is 7.66. The van der Waals surface area contributed by atoms with Crippen molar-refractivity contribution in [1.82, 2.24) is 24.9 Å². The molecule has 0 saturated carbocycles. The van der Waals surface area contributed by atoms with Gasteiger partial charge in [-0.05, 0) is 73.2 Å². The third kappa shape index (κ3) is 5.13. The first kappa shape index (κ1) is 25.9. The second kappa shape index (κ2) is 10.5. The maximum atomic E-state index is 12.0. The normalized spacial score (nSPS) is 16.6. The van der Waals surface area contributed by atoms with E-state index in [1.54, 1.807) is 4.68 Å². The first-order valence-electron chi connectivity index (χ1n) is 13.2. The number of aliphatic carboxylic acids is 1.